The van der Waals surface area contributed by atoms with Gasteiger partial charge in [0.1, 0.15) is 0 Å². The van der Waals surface area contributed by atoms with Crippen LogP contribution in [0.2, 0.25) is 5.02 Å². The Morgan fingerprint density at radius 2 is 1.78 bits per heavy atom. The fourth-order valence-electron chi connectivity index (χ4n) is 3.75. The highest BCUT2D eigenvalue weighted by Gasteiger charge is 2.42. The molecule has 0 unspecified atom stereocenters. The zero-order valence-electron chi connectivity index (χ0n) is 14.8. The van der Waals surface area contributed by atoms with E-state index in [1.807, 2.05) is 42.5 Å². The molecule has 4 rings (SSSR count). The van der Waals surface area contributed by atoms with Gasteiger partial charge in [-0.05, 0) is 42.7 Å². The summed E-state index contributed by atoms with van der Waals surface area (Å²) in [4.78, 5) is 17.4. The molecule has 1 aromatic heterocycles. The van der Waals surface area contributed by atoms with Crippen LogP contribution in [0, 0.1) is 0 Å². The Balaban J connectivity index is 1.47. The second kappa shape index (κ2) is 7.53. The number of benzene rings is 2. The molecule has 6 heteroatoms. The van der Waals surface area contributed by atoms with E-state index >= 15 is 0 Å². The van der Waals surface area contributed by atoms with Crippen LogP contribution in [0.15, 0.2) is 59.1 Å². The van der Waals surface area contributed by atoms with Gasteiger partial charge in [0.15, 0.2) is 0 Å². The number of carbonyl (C=O) groups excluding carboxylic acids is 1. The van der Waals surface area contributed by atoms with Gasteiger partial charge in [0.25, 0.3) is 0 Å². The first-order chi connectivity index (χ1) is 13.2. The molecule has 27 heavy (non-hydrogen) atoms. The van der Waals surface area contributed by atoms with Gasteiger partial charge in [0.05, 0.1) is 12.0 Å². The minimum atomic E-state index is -0.458. The van der Waals surface area contributed by atoms with E-state index in [0.717, 1.165) is 36.8 Å². The third kappa shape index (κ3) is 3.60. The van der Waals surface area contributed by atoms with Crippen molar-refractivity contribution in [2.75, 3.05) is 0 Å². The SMILES string of the molecule is O=C(NCc1nc(-c2ccc(Cl)cc2)no1)C1(c2ccccc2)CCCC1. The molecule has 1 saturated carbocycles. The number of carbonyl (C=O) groups is 1. The fraction of sp³-hybridized carbons (Fsp3) is 0.286. The number of halogens is 1. The number of hydrogen-bond acceptors (Lipinski definition) is 4. The van der Waals surface area contributed by atoms with E-state index in [2.05, 4.69) is 15.5 Å². The molecule has 0 saturated heterocycles. The molecule has 1 heterocycles. The molecule has 0 aliphatic heterocycles. The van der Waals surface area contributed by atoms with E-state index < -0.39 is 5.41 Å². The highest BCUT2D eigenvalue weighted by atomic mass is 35.5. The van der Waals surface area contributed by atoms with E-state index in [9.17, 15) is 4.79 Å². The number of hydrogen-bond donors (Lipinski definition) is 1. The summed E-state index contributed by atoms with van der Waals surface area (Å²) in [6, 6.07) is 17.2. The Hall–Kier alpha value is -2.66. The van der Waals surface area contributed by atoms with Gasteiger partial charge >= 0.3 is 0 Å². The lowest BCUT2D eigenvalue weighted by atomic mass is 9.78. The molecule has 1 aliphatic rings. The van der Waals surface area contributed by atoms with Crippen molar-refractivity contribution in [3.05, 3.63) is 71.1 Å². The number of amides is 1. The topological polar surface area (TPSA) is 68.0 Å². The first kappa shape index (κ1) is 17.7. The van der Waals surface area contributed by atoms with Crippen molar-refractivity contribution in [2.24, 2.45) is 0 Å². The molecule has 1 N–H and O–H groups in total. The zero-order valence-corrected chi connectivity index (χ0v) is 15.6. The molecule has 0 bridgehead atoms. The Bertz CT molecular complexity index is 916. The summed E-state index contributed by atoms with van der Waals surface area (Å²) in [7, 11) is 0. The lowest BCUT2D eigenvalue weighted by molar-refractivity contribution is -0.127. The Kier molecular flexibility index (Phi) is 4.94. The minimum Gasteiger partial charge on any atom is -0.346 e. The van der Waals surface area contributed by atoms with Gasteiger partial charge in [-0.3, -0.25) is 4.79 Å². The smallest absolute Gasteiger partial charge is 0.246 e. The first-order valence-electron chi connectivity index (χ1n) is 9.10. The van der Waals surface area contributed by atoms with Crippen molar-refractivity contribution in [1.29, 1.82) is 0 Å². The Morgan fingerprint density at radius 3 is 2.48 bits per heavy atom. The normalized spacial score (nSPS) is 15.6. The maximum Gasteiger partial charge on any atom is 0.246 e. The summed E-state index contributed by atoms with van der Waals surface area (Å²) in [5.41, 5.74) is 1.44. The third-order valence-corrected chi connectivity index (χ3v) is 5.44. The summed E-state index contributed by atoms with van der Waals surface area (Å²) in [6.07, 6.45) is 3.85. The summed E-state index contributed by atoms with van der Waals surface area (Å²) < 4.78 is 5.29. The second-order valence-corrected chi connectivity index (χ2v) is 7.29. The van der Waals surface area contributed by atoms with Crippen LogP contribution in [-0.4, -0.2) is 16.0 Å². The van der Waals surface area contributed by atoms with Gasteiger partial charge in [-0.25, -0.2) is 0 Å². The van der Waals surface area contributed by atoms with Crippen LogP contribution in [0.3, 0.4) is 0 Å². The average Bonchev–Trinajstić information content (AvgIpc) is 3.38. The Morgan fingerprint density at radius 1 is 1.07 bits per heavy atom. The maximum absolute atomic E-state index is 13.0. The second-order valence-electron chi connectivity index (χ2n) is 6.86. The van der Waals surface area contributed by atoms with Gasteiger partial charge in [-0.1, -0.05) is 59.9 Å². The van der Waals surface area contributed by atoms with Gasteiger partial charge in [0.2, 0.25) is 17.6 Å². The summed E-state index contributed by atoms with van der Waals surface area (Å²) in [6.45, 7) is 0.216. The summed E-state index contributed by atoms with van der Waals surface area (Å²) >= 11 is 5.90. The number of rotatable bonds is 5. The largest absolute Gasteiger partial charge is 0.346 e. The van der Waals surface area contributed by atoms with Crippen LogP contribution >= 0.6 is 11.6 Å². The molecule has 2 aromatic carbocycles. The maximum atomic E-state index is 13.0. The molecule has 1 amide bonds. The summed E-state index contributed by atoms with van der Waals surface area (Å²) in [5, 5.41) is 7.63. The van der Waals surface area contributed by atoms with Crippen molar-refractivity contribution in [3.63, 3.8) is 0 Å². The molecular weight excluding hydrogens is 362 g/mol. The molecule has 1 aliphatic carbocycles. The van der Waals surface area contributed by atoms with E-state index in [1.165, 1.54) is 0 Å². The molecule has 138 valence electrons. The van der Waals surface area contributed by atoms with Crippen LogP contribution in [-0.2, 0) is 16.8 Å². The van der Waals surface area contributed by atoms with Crippen LogP contribution in [0.5, 0.6) is 0 Å². The Labute approximate surface area is 162 Å². The monoisotopic (exact) mass is 381 g/mol. The van der Waals surface area contributed by atoms with Crippen LogP contribution in [0.1, 0.15) is 37.1 Å². The molecule has 1 fully saturated rings. The third-order valence-electron chi connectivity index (χ3n) is 5.19. The van der Waals surface area contributed by atoms with Crippen molar-refractivity contribution in [1.82, 2.24) is 15.5 Å². The molecule has 3 aromatic rings. The minimum absolute atomic E-state index is 0.0254. The lowest BCUT2D eigenvalue weighted by Crippen LogP contribution is -2.42. The van der Waals surface area contributed by atoms with E-state index in [0.29, 0.717) is 16.7 Å². The predicted molar refractivity (Wildman–Crippen MR) is 103 cm³/mol. The van der Waals surface area contributed by atoms with Gasteiger partial charge in [-0.2, -0.15) is 4.98 Å². The lowest BCUT2D eigenvalue weighted by Gasteiger charge is -2.28. The van der Waals surface area contributed by atoms with Crippen LogP contribution in [0.4, 0.5) is 0 Å². The zero-order chi connectivity index (χ0) is 18.7. The highest BCUT2D eigenvalue weighted by Crippen LogP contribution is 2.41. The van der Waals surface area contributed by atoms with Crippen molar-refractivity contribution in [3.8, 4) is 11.4 Å². The molecular formula is C21H20ClN3O2. The number of nitrogens with zero attached hydrogens (tertiary/aromatic N) is 2. The fourth-order valence-corrected chi connectivity index (χ4v) is 3.88. The molecule has 0 radical (unpaired) electrons. The highest BCUT2D eigenvalue weighted by molar-refractivity contribution is 6.30. The van der Waals surface area contributed by atoms with Crippen molar-refractivity contribution < 1.29 is 9.32 Å². The van der Waals surface area contributed by atoms with Crippen LogP contribution < -0.4 is 5.32 Å². The van der Waals surface area contributed by atoms with E-state index in [-0.39, 0.29) is 12.5 Å². The molecule has 0 spiro atoms. The quantitative estimate of drug-likeness (QED) is 0.705. The molecule has 0 atom stereocenters. The molecule has 5 nitrogen and oxygen atoms in total. The number of aromatic nitrogens is 2. The van der Waals surface area contributed by atoms with E-state index in [4.69, 9.17) is 16.1 Å². The van der Waals surface area contributed by atoms with E-state index in [1.54, 1.807) is 12.1 Å². The summed E-state index contributed by atoms with van der Waals surface area (Å²) in [5.74, 6) is 0.890. The first-order valence-corrected chi connectivity index (χ1v) is 9.47. The average molecular weight is 382 g/mol. The van der Waals surface area contributed by atoms with Crippen LogP contribution in [0.25, 0.3) is 11.4 Å². The van der Waals surface area contributed by atoms with Gasteiger partial charge in [-0.15, -0.1) is 0 Å². The van der Waals surface area contributed by atoms with Crippen molar-refractivity contribution in [2.45, 2.75) is 37.6 Å². The van der Waals surface area contributed by atoms with Gasteiger partial charge in [0, 0.05) is 10.6 Å². The standard InChI is InChI=1S/C21H20ClN3O2/c22-17-10-8-15(9-11-17)19-24-18(27-25-19)14-23-20(26)21(12-4-5-13-21)16-6-2-1-3-7-16/h1-3,6-11H,4-5,12-14H2,(H,23,26). The number of nitrogens with one attached hydrogen (secondary N) is 1. The van der Waals surface area contributed by atoms with Crippen molar-refractivity contribution >= 4 is 17.5 Å². The predicted octanol–water partition coefficient (Wildman–Crippen LogP) is 4.52. The van der Waals surface area contributed by atoms with Gasteiger partial charge < -0.3 is 9.84 Å².